The summed E-state index contributed by atoms with van der Waals surface area (Å²) in [5, 5.41) is 0. The van der Waals surface area contributed by atoms with Crippen LogP contribution in [0, 0.1) is 11.8 Å². The van der Waals surface area contributed by atoms with Crippen molar-refractivity contribution in [3.63, 3.8) is 0 Å². The highest BCUT2D eigenvalue weighted by Crippen LogP contribution is 2.35. The van der Waals surface area contributed by atoms with Crippen molar-refractivity contribution in [1.29, 1.82) is 0 Å². The average molecular weight is 522 g/mol. The highest BCUT2D eigenvalue weighted by molar-refractivity contribution is 7.90. The molecule has 1 unspecified atom stereocenters. The van der Waals surface area contributed by atoms with Crippen LogP contribution in [0.15, 0.2) is 59.5 Å². The number of aromatic amines is 1. The number of H-pyrrole nitrogens is 1. The number of nitrogens with two attached hydrogens (primary N) is 1. The van der Waals surface area contributed by atoms with Crippen LogP contribution < -0.4 is 5.73 Å². The van der Waals surface area contributed by atoms with E-state index in [0.29, 0.717) is 40.7 Å². The SMILES string of the molecule is CS(=O)(=O)c1ccc2nc(C3=CC=C(c4ccc(CC5CCC(CC(N)=O)CC5)cc4)CC3F)[nH]c2c1. The molecule has 2 aliphatic rings. The molecule has 0 bridgehead atoms. The second-order valence-corrected chi connectivity index (χ2v) is 12.5. The van der Waals surface area contributed by atoms with E-state index in [9.17, 15) is 13.2 Å². The first kappa shape index (κ1) is 25.4. The molecule has 6 nitrogen and oxygen atoms in total. The summed E-state index contributed by atoms with van der Waals surface area (Å²) < 4.78 is 39.0. The second-order valence-electron chi connectivity index (χ2n) is 10.5. The van der Waals surface area contributed by atoms with Gasteiger partial charge in [-0.15, -0.1) is 0 Å². The fourth-order valence-corrected chi connectivity index (χ4v) is 6.22. The smallest absolute Gasteiger partial charge is 0.217 e. The number of alkyl halides is 1. The molecule has 194 valence electrons. The number of carbonyl (C=O) groups is 1. The molecule has 1 fully saturated rings. The lowest BCUT2D eigenvalue weighted by Crippen LogP contribution is -2.22. The van der Waals surface area contributed by atoms with Gasteiger partial charge in [0.05, 0.1) is 15.9 Å². The van der Waals surface area contributed by atoms with Crippen molar-refractivity contribution in [2.45, 2.75) is 56.0 Å². The summed E-state index contributed by atoms with van der Waals surface area (Å²) in [4.78, 5) is 18.9. The summed E-state index contributed by atoms with van der Waals surface area (Å²) in [6.07, 6.45) is 9.79. The minimum Gasteiger partial charge on any atom is -0.370 e. The Morgan fingerprint density at radius 2 is 1.76 bits per heavy atom. The van der Waals surface area contributed by atoms with E-state index in [1.807, 2.05) is 6.08 Å². The third-order valence-corrected chi connectivity index (χ3v) is 8.77. The predicted octanol–water partition coefficient (Wildman–Crippen LogP) is 5.40. The van der Waals surface area contributed by atoms with Crippen LogP contribution in [0.25, 0.3) is 22.2 Å². The van der Waals surface area contributed by atoms with Crippen LogP contribution in [-0.4, -0.2) is 36.7 Å². The maximum absolute atomic E-state index is 15.3. The molecular formula is C29H32FN3O3S. The van der Waals surface area contributed by atoms with Crippen LogP contribution in [0.3, 0.4) is 0 Å². The molecule has 0 aliphatic heterocycles. The van der Waals surface area contributed by atoms with Gasteiger partial charge in [0.15, 0.2) is 9.84 Å². The third-order valence-electron chi connectivity index (χ3n) is 7.66. The van der Waals surface area contributed by atoms with Gasteiger partial charge in [-0.25, -0.2) is 17.8 Å². The Morgan fingerprint density at radius 1 is 1.05 bits per heavy atom. The van der Waals surface area contributed by atoms with Gasteiger partial charge in [0.25, 0.3) is 0 Å². The molecule has 1 amide bonds. The summed E-state index contributed by atoms with van der Waals surface area (Å²) in [5.74, 6) is 1.28. The minimum absolute atomic E-state index is 0.200. The Balaban J connectivity index is 1.26. The third kappa shape index (κ3) is 5.85. The maximum Gasteiger partial charge on any atom is 0.217 e. The number of rotatable bonds is 7. The highest BCUT2D eigenvalue weighted by atomic mass is 32.2. The van der Waals surface area contributed by atoms with Gasteiger partial charge in [0, 0.05) is 24.7 Å². The first-order chi connectivity index (χ1) is 17.7. The summed E-state index contributed by atoms with van der Waals surface area (Å²) in [6, 6.07) is 13.1. The Hall–Kier alpha value is -3.26. The number of hydrogen-bond donors (Lipinski definition) is 2. The van der Waals surface area contributed by atoms with E-state index in [1.54, 1.807) is 12.1 Å². The second kappa shape index (κ2) is 10.2. The summed E-state index contributed by atoms with van der Waals surface area (Å²) in [5.41, 5.74) is 10.2. The largest absolute Gasteiger partial charge is 0.370 e. The number of benzene rings is 2. The molecule has 0 saturated heterocycles. The Kier molecular flexibility index (Phi) is 7.03. The minimum atomic E-state index is -3.34. The highest BCUT2D eigenvalue weighted by Gasteiger charge is 2.25. The van der Waals surface area contributed by atoms with Gasteiger partial charge in [-0.3, -0.25) is 4.79 Å². The van der Waals surface area contributed by atoms with Crippen molar-refractivity contribution in [2.75, 3.05) is 6.26 Å². The molecule has 1 aromatic heterocycles. The zero-order valence-corrected chi connectivity index (χ0v) is 21.7. The standard InChI is InChI=1S/C29H32FN3O3S/c1-37(35,36)23-11-13-26-27(17-23)33-29(32-26)24-12-10-22(16-25(24)30)21-8-6-19(7-9-21)14-18-2-4-20(5-3-18)15-28(31)34/h6-13,17-18,20,25H,2-5,14-16H2,1H3,(H2,31,34)(H,32,33). The van der Waals surface area contributed by atoms with E-state index in [1.165, 1.54) is 17.7 Å². The van der Waals surface area contributed by atoms with Gasteiger partial charge in [0.1, 0.15) is 12.0 Å². The molecule has 3 aromatic rings. The Bertz CT molecular complexity index is 1480. The van der Waals surface area contributed by atoms with Gasteiger partial charge < -0.3 is 10.7 Å². The average Bonchev–Trinajstić information content (AvgIpc) is 3.28. The number of primary amides is 1. The fraction of sp³-hybridized carbons (Fsp3) is 0.379. The first-order valence-corrected chi connectivity index (χ1v) is 14.7. The summed E-state index contributed by atoms with van der Waals surface area (Å²) in [6.45, 7) is 0. The van der Waals surface area contributed by atoms with E-state index in [-0.39, 0.29) is 17.2 Å². The summed E-state index contributed by atoms with van der Waals surface area (Å²) >= 11 is 0. The Morgan fingerprint density at radius 3 is 2.41 bits per heavy atom. The Labute approximate surface area is 216 Å². The van der Waals surface area contributed by atoms with Crippen LogP contribution in [0.4, 0.5) is 4.39 Å². The lowest BCUT2D eigenvalue weighted by molar-refractivity contribution is -0.119. The molecule has 2 aliphatic carbocycles. The van der Waals surface area contributed by atoms with Crippen LogP contribution >= 0.6 is 0 Å². The van der Waals surface area contributed by atoms with Gasteiger partial charge in [-0.2, -0.15) is 0 Å². The number of aromatic nitrogens is 2. The lowest BCUT2D eigenvalue weighted by Gasteiger charge is -2.28. The van der Waals surface area contributed by atoms with Crippen LogP contribution in [-0.2, 0) is 21.1 Å². The molecular weight excluding hydrogens is 489 g/mol. The number of halogens is 1. The molecule has 2 aromatic carbocycles. The van der Waals surface area contributed by atoms with E-state index < -0.39 is 16.0 Å². The van der Waals surface area contributed by atoms with E-state index in [2.05, 4.69) is 34.2 Å². The number of sulfone groups is 1. The van der Waals surface area contributed by atoms with Crippen molar-refractivity contribution in [2.24, 2.45) is 17.6 Å². The number of carbonyl (C=O) groups excluding carboxylic acids is 1. The monoisotopic (exact) mass is 521 g/mol. The van der Waals surface area contributed by atoms with Crippen LogP contribution in [0.5, 0.6) is 0 Å². The van der Waals surface area contributed by atoms with Crippen molar-refractivity contribution >= 4 is 37.9 Å². The fourth-order valence-electron chi connectivity index (χ4n) is 5.58. The number of allylic oxidation sites excluding steroid dienone is 4. The molecule has 1 saturated carbocycles. The molecule has 1 atom stereocenters. The molecule has 0 radical (unpaired) electrons. The van der Waals surface area contributed by atoms with Crippen molar-refractivity contribution < 1.29 is 17.6 Å². The van der Waals surface area contributed by atoms with Gasteiger partial charge in [-0.05, 0) is 78.8 Å². The zero-order chi connectivity index (χ0) is 26.2. The first-order valence-electron chi connectivity index (χ1n) is 12.8. The zero-order valence-electron chi connectivity index (χ0n) is 20.9. The van der Waals surface area contributed by atoms with E-state index in [0.717, 1.165) is 49.5 Å². The number of amides is 1. The van der Waals surface area contributed by atoms with Gasteiger partial charge in [0.2, 0.25) is 5.91 Å². The van der Waals surface area contributed by atoms with Crippen molar-refractivity contribution in [3.8, 4) is 0 Å². The number of fused-ring (bicyclic) bond motifs is 1. The predicted molar refractivity (Wildman–Crippen MR) is 144 cm³/mol. The number of hydrogen-bond acceptors (Lipinski definition) is 4. The molecule has 37 heavy (non-hydrogen) atoms. The van der Waals surface area contributed by atoms with Crippen LogP contribution in [0.2, 0.25) is 0 Å². The molecule has 8 heteroatoms. The maximum atomic E-state index is 15.3. The van der Waals surface area contributed by atoms with Crippen LogP contribution in [0.1, 0.15) is 55.5 Å². The van der Waals surface area contributed by atoms with E-state index in [4.69, 9.17) is 5.73 Å². The molecule has 0 spiro atoms. The van der Waals surface area contributed by atoms with Gasteiger partial charge in [-0.1, -0.05) is 36.4 Å². The topological polar surface area (TPSA) is 106 Å². The lowest BCUT2D eigenvalue weighted by atomic mass is 9.78. The van der Waals surface area contributed by atoms with E-state index >= 15 is 4.39 Å². The molecule has 5 rings (SSSR count). The number of nitrogens with zero attached hydrogens (tertiary/aromatic N) is 1. The number of nitrogens with one attached hydrogen (secondary N) is 1. The number of imidazole rings is 1. The van der Waals surface area contributed by atoms with Crippen molar-refractivity contribution in [1.82, 2.24) is 9.97 Å². The van der Waals surface area contributed by atoms with Crippen molar-refractivity contribution in [3.05, 3.63) is 71.6 Å². The molecule has 3 N–H and O–H groups in total. The quantitative estimate of drug-likeness (QED) is 0.434. The van der Waals surface area contributed by atoms with Gasteiger partial charge >= 0.3 is 0 Å². The normalized spacial score (nSPS) is 22.5. The molecule has 1 heterocycles. The summed E-state index contributed by atoms with van der Waals surface area (Å²) in [7, 11) is -3.34.